The molecule has 3 aromatic rings. The maximum absolute atomic E-state index is 12.6. The summed E-state index contributed by atoms with van der Waals surface area (Å²) in [6.45, 7) is 3.00. The molecule has 0 amide bonds. The quantitative estimate of drug-likeness (QED) is 0.773. The molecule has 1 aromatic heterocycles. The summed E-state index contributed by atoms with van der Waals surface area (Å²) >= 11 is 0. The number of hydrogen-bond donors (Lipinski definition) is 1. The van der Waals surface area contributed by atoms with Crippen LogP contribution in [0.2, 0.25) is 0 Å². The minimum absolute atomic E-state index is 0.310. The molecule has 1 heterocycles. The van der Waals surface area contributed by atoms with Crippen molar-refractivity contribution >= 4 is 0 Å². The molecular weight excluding hydrogens is 329 g/mol. The molecule has 130 valence electrons. The highest BCUT2D eigenvalue weighted by molar-refractivity contribution is 5.68. The first-order chi connectivity index (χ1) is 11.9. The van der Waals surface area contributed by atoms with Crippen molar-refractivity contribution < 1.29 is 13.2 Å². The first-order valence-electron chi connectivity index (χ1n) is 7.84. The first kappa shape index (κ1) is 17.2. The zero-order valence-electron chi connectivity index (χ0n) is 13.6. The molecule has 0 saturated carbocycles. The molecule has 0 bridgehead atoms. The number of hydrogen-bond acceptors (Lipinski definition) is 3. The van der Waals surface area contributed by atoms with Crippen molar-refractivity contribution in [3.8, 4) is 22.5 Å². The van der Waals surface area contributed by atoms with Gasteiger partial charge < -0.3 is 10.3 Å². The lowest BCUT2D eigenvalue weighted by Gasteiger charge is -2.09. The fourth-order valence-corrected chi connectivity index (χ4v) is 2.70. The second-order valence-corrected chi connectivity index (χ2v) is 5.54. The Hall–Kier alpha value is -2.67. The van der Waals surface area contributed by atoms with Crippen molar-refractivity contribution in [3.05, 3.63) is 59.9 Å². The Balaban J connectivity index is 1.89. The van der Waals surface area contributed by atoms with Crippen LogP contribution in [0.5, 0.6) is 0 Å². The van der Waals surface area contributed by atoms with Gasteiger partial charge in [0.2, 0.25) is 0 Å². The van der Waals surface area contributed by atoms with Gasteiger partial charge in [-0.2, -0.15) is 13.2 Å². The number of nitrogens with two attached hydrogens (primary N) is 1. The zero-order valence-corrected chi connectivity index (χ0v) is 13.6. The number of aromatic nitrogens is 3. The van der Waals surface area contributed by atoms with Crippen molar-refractivity contribution in [3.63, 3.8) is 0 Å². The average Bonchev–Trinajstić information content (AvgIpc) is 3.04. The molecule has 7 heteroatoms. The fourth-order valence-electron chi connectivity index (χ4n) is 2.70. The van der Waals surface area contributed by atoms with E-state index in [1.54, 1.807) is 0 Å². The van der Waals surface area contributed by atoms with Crippen LogP contribution in [0.3, 0.4) is 0 Å². The van der Waals surface area contributed by atoms with Crippen LogP contribution in [0.4, 0.5) is 13.2 Å². The van der Waals surface area contributed by atoms with Crippen molar-refractivity contribution in [2.75, 3.05) is 0 Å². The molecule has 0 unspecified atom stereocenters. The molecular formula is C18H17F3N4. The Morgan fingerprint density at radius 1 is 0.880 bits per heavy atom. The van der Waals surface area contributed by atoms with Gasteiger partial charge >= 0.3 is 6.18 Å². The predicted molar refractivity (Wildman–Crippen MR) is 89.5 cm³/mol. The molecule has 2 aromatic carbocycles. The summed E-state index contributed by atoms with van der Waals surface area (Å²) in [5.41, 5.74) is 7.44. The van der Waals surface area contributed by atoms with E-state index in [0.29, 0.717) is 18.9 Å². The summed E-state index contributed by atoms with van der Waals surface area (Å²) in [7, 11) is 0. The van der Waals surface area contributed by atoms with Gasteiger partial charge in [-0.1, -0.05) is 36.4 Å². The number of halogens is 3. The lowest BCUT2D eigenvalue weighted by molar-refractivity contribution is -0.137. The molecule has 0 aliphatic carbocycles. The van der Waals surface area contributed by atoms with Crippen LogP contribution in [-0.2, 0) is 19.3 Å². The third-order valence-electron chi connectivity index (χ3n) is 4.01. The number of nitrogens with zero attached hydrogens (tertiary/aromatic N) is 3. The van der Waals surface area contributed by atoms with E-state index in [1.165, 1.54) is 12.1 Å². The molecule has 0 aliphatic rings. The minimum Gasteiger partial charge on any atom is -0.324 e. The van der Waals surface area contributed by atoms with E-state index in [-0.39, 0.29) is 0 Å². The van der Waals surface area contributed by atoms with Gasteiger partial charge in [0.1, 0.15) is 5.82 Å². The average molecular weight is 346 g/mol. The molecule has 0 atom stereocenters. The molecule has 0 spiro atoms. The molecule has 3 rings (SSSR count). The van der Waals surface area contributed by atoms with Crippen LogP contribution in [0.1, 0.15) is 18.3 Å². The topological polar surface area (TPSA) is 56.7 Å². The van der Waals surface area contributed by atoms with Gasteiger partial charge in [0.15, 0.2) is 5.82 Å². The van der Waals surface area contributed by atoms with Crippen LogP contribution < -0.4 is 5.73 Å². The molecule has 0 radical (unpaired) electrons. The molecule has 0 aliphatic heterocycles. The van der Waals surface area contributed by atoms with E-state index in [9.17, 15) is 13.2 Å². The van der Waals surface area contributed by atoms with E-state index < -0.39 is 11.7 Å². The fraction of sp³-hybridized carbons (Fsp3) is 0.222. The smallest absolute Gasteiger partial charge is 0.324 e. The Morgan fingerprint density at radius 2 is 1.40 bits per heavy atom. The highest BCUT2D eigenvalue weighted by Crippen LogP contribution is 2.31. The summed E-state index contributed by atoms with van der Waals surface area (Å²) in [6.07, 6.45) is -4.33. The van der Waals surface area contributed by atoms with E-state index in [0.717, 1.165) is 34.6 Å². The Bertz CT molecular complexity index is 850. The molecule has 2 N–H and O–H groups in total. The van der Waals surface area contributed by atoms with E-state index in [2.05, 4.69) is 10.2 Å². The Labute approximate surface area is 143 Å². The van der Waals surface area contributed by atoms with Gasteiger partial charge in [-0.25, -0.2) is 0 Å². The SMILES string of the molecule is CCn1c(CN)nnc1-c1ccc(-c2ccc(C(F)(F)F)cc2)cc1. The van der Waals surface area contributed by atoms with Gasteiger partial charge in [-0.3, -0.25) is 0 Å². The minimum atomic E-state index is -4.33. The van der Waals surface area contributed by atoms with Gasteiger partial charge in [0.25, 0.3) is 0 Å². The van der Waals surface area contributed by atoms with Crippen molar-refractivity contribution in [2.45, 2.75) is 26.2 Å². The molecule has 4 nitrogen and oxygen atoms in total. The van der Waals surface area contributed by atoms with E-state index in [1.807, 2.05) is 35.8 Å². The molecule has 0 fully saturated rings. The maximum Gasteiger partial charge on any atom is 0.416 e. The second-order valence-electron chi connectivity index (χ2n) is 5.54. The lowest BCUT2D eigenvalue weighted by Crippen LogP contribution is -2.08. The maximum atomic E-state index is 12.6. The highest BCUT2D eigenvalue weighted by Gasteiger charge is 2.29. The highest BCUT2D eigenvalue weighted by atomic mass is 19.4. The predicted octanol–water partition coefficient (Wildman–Crippen LogP) is 4.11. The second kappa shape index (κ2) is 6.68. The standard InChI is InChI=1S/C18H17F3N4/c1-2-25-16(11-22)23-24-17(25)14-5-3-12(4-6-14)13-7-9-15(10-8-13)18(19,20)21/h3-10H,2,11,22H2,1H3. The van der Waals surface area contributed by atoms with Crippen molar-refractivity contribution in [2.24, 2.45) is 5.73 Å². The van der Waals surface area contributed by atoms with Crippen LogP contribution in [-0.4, -0.2) is 14.8 Å². The van der Waals surface area contributed by atoms with Crippen LogP contribution >= 0.6 is 0 Å². The summed E-state index contributed by atoms with van der Waals surface area (Å²) < 4.78 is 39.9. The van der Waals surface area contributed by atoms with Gasteiger partial charge in [0.05, 0.1) is 12.1 Å². The van der Waals surface area contributed by atoms with Crippen molar-refractivity contribution in [1.29, 1.82) is 0 Å². The van der Waals surface area contributed by atoms with Gasteiger partial charge in [-0.15, -0.1) is 10.2 Å². The first-order valence-corrected chi connectivity index (χ1v) is 7.84. The summed E-state index contributed by atoms with van der Waals surface area (Å²) in [5, 5.41) is 8.25. The molecule has 0 saturated heterocycles. The van der Waals surface area contributed by atoms with Crippen molar-refractivity contribution in [1.82, 2.24) is 14.8 Å². The molecule has 25 heavy (non-hydrogen) atoms. The third-order valence-corrected chi connectivity index (χ3v) is 4.01. The van der Waals surface area contributed by atoms with Crippen LogP contribution in [0, 0.1) is 0 Å². The third kappa shape index (κ3) is 3.41. The van der Waals surface area contributed by atoms with Gasteiger partial charge in [0, 0.05) is 12.1 Å². The number of benzene rings is 2. The summed E-state index contributed by atoms with van der Waals surface area (Å²) in [5.74, 6) is 1.44. The monoisotopic (exact) mass is 346 g/mol. The largest absolute Gasteiger partial charge is 0.416 e. The van der Waals surface area contributed by atoms with Crippen LogP contribution in [0.15, 0.2) is 48.5 Å². The summed E-state index contributed by atoms with van der Waals surface area (Å²) in [4.78, 5) is 0. The Kier molecular flexibility index (Phi) is 4.59. The van der Waals surface area contributed by atoms with E-state index >= 15 is 0 Å². The number of alkyl halides is 3. The van der Waals surface area contributed by atoms with Gasteiger partial charge in [-0.05, 0) is 30.2 Å². The summed E-state index contributed by atoms with van der Waals surface area (Å²) in [6, 6.07) is 12.6. The lowest BCUT2D eigenvalue weighted by atomic mass is 10.0. The van der Waals surface area contributed by atoms with E-state index in [4.69, 9.17) is 5.73 Å². The number of rotatable bonds is 4. The normalized spacial score (nSPS) is 11.7. The Morgan fingerprint density at radius 3 is 1.88 bits per heavy atom. The zero-order chi connectivity index (χ0) is 18.0. The van der Waals surface area contributed by atoms with Crippen LogP contribution in [0.25, 0.3) is 22.5 Å².